The first kappa shape index (κ1) is 11.9. The molecule has 0 aromatic carbocycles. The molecule has 0 radical (unpaired) electrons. The lowest BCUT2D eigenvalue weighted by Gasteiger charge is -2.12. The molecule has 1 aromatic rings. The van der Waals surface area contributed by atoms with Crippen LogP contribution < -0.4 is 5.73 Å². The second-order valence-corrected chi connectivity index (χ2v) is 4.22. The van der Waals surface area contributed by atoms with Crippen molar-refractivity contribution in [3.63, 3.8) is 0 Å². The van der Waals surface area contributed by atoms with Gasteiger partial charge in [-0.05, 0) is 20.9 Å². The highest BCUT2D eigenvalue weighted by Crippen LogP contribution is 2.13. The maximum Gasteiger partial charge on any atom is 0.240 e. The monoisotopic (exact) mass is 210 g/mol. The molecule has 0 aliphatic rings. The second kappa shape index (κ2) is 4.55. The lowest BCUT2D eigenvalue weighted by atomic mass is 10.1. The van der Waals surface area contributed by atoms with Crippen molar-refractivity contribution in [3.8, 4) is 0 Å². The molecule has 1 aromatic heterocycles. The molecule has 0 aliphatic carbocycles. The van der Waals surface area contributed by atoms with Gasteiger partial charge in [0.15, 0.2) is 5.82 Å². The summed E-state index contributed by atoms with van der Waals surface area (Å²) in [6, 6.07) is 0. The zero-order chi connectivity index (χ0) is 11.5. The van der Waals surface area contributed by atoms with Gasteiger partial charge in [-0.25, -0.2) is 0 Å². The van der Waals surface area contributed by atoms with Gasteiger partial charge in [-0.15, -0.1) is 6.58 Å². The molecule has 84 valence electrons. The van der Waals surface area contributed by atoms with Gasteiger partial charge in [0.2, 0.25) is 5.89 Å². The van der Waals surface area contributed by atoms with E-state index in [9.17, 15) is 0 Å². The smallest absolute Gasteiger partial charge is 0.240 e. The Balaban J connectivity index is 2.64. The van der Waals surface area contributed by atoms with Crippen molar-refractivity contribution < 1.29 is 4.52 Å². The Hall–Kier alpha value is -1.20. The fraction of sp³-hybridized carbons (Fsp3) is 0.600. The topological polar surface area (TPSA) is 68.2 Å². The van der Waals surface area contributed by atoms with Crippen molar-refractivity contribution in [1.82, 2.24) is 15.0 Å². The van der Waals surface area contributed by atoms with E-state index in [0.29, 0.717) is 18.3 Å². The Morgan fingerprint density at radius 1 is 1.60 bits per heavy atom. The van der Waals surface area contributed by atoms with Gasteiger partial charge in [0.1, 0.15) is 0 Å². The van der Waals surface area contributed by atoms with Gasteiger partial charge in [-0.1, -0.05) is 11.2 Å². The minimum Gasteiger partial charge on any atom is -0.338 e. The van der Waals surface area contributed by atoms with Gasteiger partial charge in [-0.2, -0.15) is 4.98 Å². The molecule has 5 nitrogen and oxygen atoms in total. The summed E-state index contributed by atoms with van der Waals surface area (Å²) in [6.07, 6.45) is 1.82. The molecule has 0 saturated heterocycles. The minimum absolute atomic E-state index is 0.532. The van der Waals surface area contributed by atoms with Gasteiger partial charge in [0, 0.05) is 6.54 Å². The van der Waals surface area contributed by atoms with Crippen LogP contribution in [0.2, 0.25) is 0 Å². The Labute approximate surface area is 89.9 Å². The van der Waals surface area contributed by atoms with Gasteiger partial charge < -0.3 is 10.3 Å². The summed E-state index contributed by atoms with van der Waals surface area (Å²) in [5.41, 5.74) is 5.29. The van der Waals surface area contributed by atoms with Crippen LogP contribution in [-0.4, -0.2) is 28.6 Å². The highest BCUT2D eigenvalue weighted by molar-refractivity contribution is 4.99. The fourth-order valence-electron chi connectivity index (χ4n) is 1.10. The molecule has 5 heteroatoms. The predicted octanol–water partition coefficient (Wildman–Crippen LogP) is 0.881. The van der Waals surface area contributed by atoms with Crippen molar-refractivity contribution in [2.75, 3.05) is 13.6 Å². The zero-order valence-electron chi connectivity index (χ0n) is 9.53. The molecule has 0 amide bonds. The van der Waals surface area contributed by atoms with E-state index in [1.807, 2.05) is 31.9 Å². The van der Waals surface area contributed by atoms with Crippen LogP contribution in [0.15, 0.2) is 17.2 Å². The quantitative estimate of drug-likeness (QED) is 0.731. The van der Waals surface area contributed by atoms with E-state index in [1.165, 1.54) is 0 Å². The van der Waals surface area contributed by atoms with E-state index < -0.39 is 5.54 Å². The summed E-state index contributed by atoms with van der Waals surface area (Å²) in [5.74, 6) is 1.11. The SMILES string of the molecule is C=CCN(C)Cc1nc(C(C)(C)N)no1. The van der Waals surface area contributed by atoms with Crippen LogP contribution in [-0.2, 0) is 12.1 Å². The van der Waals surface area contributed by atoms with Crippen molar-refractivity contribution in [1.29, 1.82) is 0 Å². The Morgan fingerprint density at radius 3 is 2.73 bits per heavy atom. The van der Waals surface area contributed by atoms with Crippen LogP contribution in [0.25, 0.3) is 0 Å². The number of aromatic nitrogens is 2. The van der Waals surface area contributed by atoms with E-state index in [-0.39, 0.29) is 0 Å². The largest absolute Gasteiger partial charge is 0.338 e. The first-order chi connectivity index (χ1) is 6.93. The van der Waals surface area contributed by atoms with Gasteiger partial charge in [0.25, 0.3) is 0 Å². The lowest BCUT2D eigenvalue weighted by Crippen LogP contribution is -2.30. The molecular formula is C10H18N4O. The molecule has 0 aliphatic heterocycles. The van der Waals surface area contributed by atoms with E-state index in [0.717, 1.165) is 6.54 Å². The van der Waals surface area contributed by atoms with Crippen LogP contribution in [0.4, 0.5) is 0 Å². The Kier molecular flexibility index (Phi) is 3.60. The zero-order valence-corrected chi connectivity index (χ0v) is 9.53. The molecule has 0 atom stereocenters. The Bertz CT molecular complexity index is 326. The van der Waals surface area contributed by atoms with Gasteiger partial charge in [0.05, 0.1) is 12.1 Å². The standard InChI is InChI=1S/C10H18N4O/c1-5-6-14(4)7-8-12-9(13-15-8)10(2,3)11/h5H,1,6-7,11H2,2-4H3. The highest BCUT2D eigenvalue weighted by Gasteiger charge is 2.21. The normalized spacial score (nSPS) is 12.1. The molecule has 1 rings (SSSR count). The molecular weight excluding hydrogens is 192 g/mol. The summed E-state index contributed by atoms with van der Waals surface area (Å²) in [6.45, 7) is 8.73. The van der Waals surface area contributed by atoms with Crippen LogP contribution in [0, 0.1) is 0 Å². The third-order valence-corrected chi connectivity index (χ3v) is 1.89. The van der Waals surface area contributed by atoms with E-state index in [2.05, 4.69) is 16.7 Å². The van der Waals surface area contributed by atoms with Crippen LogP contribution in [0.3, 0.4) is 0 Å². The minimum atomic E-state index is -0.557. The molecule has 0 bridgehead atoms. The lowest BCUT2D eigenvalue weighted by molar-refractivity contribution is 0.283. The summed E-state index contributed by atoms with van der Waals surface area (Å²) in [4.78, 5) is 6.25. The molecule has 0 unspecified atom stereocenters. The average molecular weight is 210 g/mol. The second-order valence-electron chi connectivity index (χ2n) is 4.22. The maximum atomic E-state index is 5.84. The number of hydrogen-bond acceptors (Lipinski definition) is 5. The van der Waals surface area contributed by atoms with E-state index in [4.69, 9.17) is 10.3 Å². The summed E-state index contributed by atoms with van der Waals surface area (Å²) in [7, 11) is 1.96. The number of rotatable bonds is 5. The molecule has 1 heterocycles. The summed E-state index contributed by atoms with van der Waals surface area (Å²) >= 11 is 0. The summed E-state index contributed by atoms with van der Waals surface area (Å²) in [5, 5.41) is 3.84. The first-order valence-electron chi connectivity index (χ1n) is 4.85. The highest BCUT2D eigenvalue weighted by atomic mass is 16.5. The first-order valence-corrected chi connectivity index (χ1v) is 4.85. The molecule has 0 saturated carbocycles. The van der Waals surface area contributed by atoms with Crippen molar-refractivity contribution in [3.05, 3.63) is 24.4 Å². The van der Waals surface area contributed by atoms with Crippen molar-refractivity contribution in [2.24, 2.45) is 5.73 Å². The number of nitrogens with two attached hydrogens (primary N) is 1. The van der Waals surface area contributed by atoms with Crippen molar-refractivity contribution in [2.45, 2.75) is 25.9 Å². The number of likely N-dealkylation sites (N-methyl/N-ethyl adjacent to an activating group) is 1. The third kappa shape index (κ3) is 3.45. The van der Waals surface area contributed by atoms with Crippen molar-refractivity contribution >= 4 is 0 Å². The maximum absolute atomic E-state index is 5.84. The molecule has 2 N–H and O–H groups in total. The van der Waals surface area contributed by atoms with Crippen LogP contribution in [0.5, 0.6) is 0 Å². The van der Waals surface area contributed by atoms with Crippen LogP contribution >= 0.6 is 0 Å². The summed E-state index contributed by atoms with van der Waals surface area (Å²) < 4.78 is 5.09. The van der Waals surface area contributed by atoms with Gasteiger partial charge >= 0.3 is 0 Å². The Morgan fingerprint density at radius 2 is 2.27 bits per heavy atom. The predicted molar refractivity (Wildman–Crippen MR) is 58.0 cm³/mol. The third-order valence-electron chi connectivity index (χ3n) is 1.89. The van der Waals surface area contributed by atoms with E-state index in [1.54, 1.807) is 0 Å². The number of hydrogen-bond donors (Lipinski definition) is 1. The molecule has 0 spiro atoms. The van der Waals surface area contributed by atoms with Gasteiger partial charge in [-0.3, -0.25) is 4.90 Å². The van der Waals surface area contributed by atoms with E-state index >= 15 is 0 Å². The average Bonchev–Trinajstić information content (AvgIpc) is 2.52. The number of nitrogens with zero attached hydrogens (tertiary/aromatic N) is 3. The molecule has 0 fully saturated rings. The molecule has 15 heavy (non-hydrogen) atoms. The van der Waals surface area contributed by atoms with Crippen LogP contribution in [0.1, 0.15) is 25.6 Å². The fourth-order valence-corrected chi connectivity index (χ4v) is 1.10.